The number of nitrogens with one attached hydrogen (secondary N) is 2. The van der Waals surface area contributed by atoms with E-state index in [1.165, 1.54) is 0 Å². The standard InChI is InChI=1S/C30H26N4O4S/c1-33-18-23(21-12-5-7-14-25(21)33)27-28(30(36)32-29(27)35)24-19-34(26-15-8-6-13-22(24)26)17-9-16-31-39(37,38)20-10-3-2-4-11-20/h2-8,10-15,18-19,31H,9,16-17H2,1H3,(H,32,35,36). The van der Waals surface area contributed by atoms with Crippen molar-refractivity contribution in [3.05, 3.63) is 102 Å². The molecule has 5 aromatic rings. The molecule has 0 bridgehead atoms. The number of aromatic nitrogens is 2. The number of rotatable bonds is 8. The summed E-state index contributed by atoms with van der Waals surface area (Å²) in [6, 6.07) is 23.8. The first-order valence-electron chi connectivity index (χ1n) is 12.6. The first-order chi connectivity index (χ1) is 18.8. The van der Waals surface area contributed by atoms with Crippen molar-refractivity contribution in [1.29, 1.82) is 0 Å². The molecule has 0 saturated heterocycles. The Kier molecular flexibility index (Phi) is 6.17. The molecule has 2 amide bonds. The fourth-order valence-electron chi connectivity index (χ4n) is 5.28. The van der Waals surface area contributed by atoms with Gasteiger partial charge >= 0.3 is 0 Å². The quantitative estimate of drug-likeness (QED) is 0.230. The molecule has 0 atom stereocenters. The van der Waals surface area contributed by atoms with E-state index in [9.17, 15) is 18.0 Å². The Labute approximate surface area is 225 Å². The third kappa shape index (κ3) is 4.35. The molecule has 8 nitrogen and oxygen atoms in total. The van der Waals surface area contributed by atoms with Gasteiger partial charge in [-0.3, -0.25) is 14.9 Å². The van der Waals surface area contributed by atoms with Gasteiger partial charge in [-0.25, -0.2) is 13.1 Å². The van der Waals surface area contributed by atoms with E-state index >= 15 is 0 Å². The Balaban J connectivity index is 1.36. The maximum atomic E-state index is 13.2. The van der Waals surface area contributed by atoms with E-state index in [0.29, 0.717) is 35.2 Å². The van der Waals surface area contributed by atoms with Crippen LogP contribution >= 0.6 is 0 Å². The largest absolute Gasteiger partial charge is 0.350 e. The number of benzene rings is 3. The molecular formula is C30H26N4O4S. The van der Waals surface area contributed by atoms with Crippen LogP contribution in [0, 0.1) is 0 Å². The van der Waals surface area contributed by atoms with Crippen molar-refractivity contribution in [1.82, 2.24) is 19.2 Å². The molecular weight excluding hydrogens is 512 g/mol. The summed E-state index contributed by atoms with van der Waals surface area (Å²) in [5.41, 5.74) is 3.94. The molecule has 1 aliphatic rings. The van der Waals surface area contributed by atoms with Crippen LogP contribution in [0.25, 0.3) is 33.0 Å². The molecule has 6 rings (SSSR count). The lowest BCUT2D eigenvalue weighted by molar-refractivity contribution is -0.122. The monoisotopic (exact) mass is 538 g/mol. The van der Waals surface area contributed by atoms with Crippen LogP contribution in [0.5, 0.6) is 0 Å². The van der Waals surface area contributed by atoms with E-state index in [2.05, 4.69) is 10.0 Å². The normalized spacial score (nSPS) is 14.1. The average molecular weight is 539 g/mol. The van der Waals surface area contributed by atoms with Gasteiger partial charge in [0.25, 0.3) is 11.8 Å². The van der Waals surface area contributed by atoms with Crippen molar-refractivity contribution in [2.45, 2.75) is 17.9 Å². The topological polar surface area (TPSA) is 102 Å². The summed E-state index contributed by atoms with van der Waals surface area (Å²) < 4.78 is 31.7. The number of amides is 2. The van der Waals surface area contributed by atoms with Crippen LogP contribution < -0.4 is 10.0 Å². The third-order valence-electron chi connectivity index (χ3n) is 7.08. The highest BCUT2D eigenvalue weighted by molar-refractivity contribution is 7.89. The second-order valence-corrected chi connectivity index (χ2v) is 11.3. The van der Waals surface area contributed by atoms with Crippen LogP contribution in [0.15, 0.2) is 96.2 Å². The first-order valence-corrected chi connectivity index (χ1v) is 14.1. The highest BCUT2D eigenvalue weighted by Crippen LogP contribution is 2.38. The number of carbonyl (C=O) groups is 2. The van der Waals surface area contributed by atoms with Crippen LogP contribution in [0.4, 0.5) is 0 Å². The zero-order valence-corrected chi connectivity index (χ0v) is 22.0. The van der Waals surface area contributed by atoms with E-state index in [4.69, 9.17) is 0 Å². The minimum absolute atomic E-state index is 0.225. The summed E-state index contributed by atoms with van der Waals surface area (Å²) in [6.07, 6.45) is 4.30. The van der Waals surface area contributed by atoms with Crippen molar-refractivity contribution < 1.29 is 18.0 Å². The van der Waals surface area contributed by atoms with Crippen molar-refractivity contribution >= 4 is 54.8 Å². The lowest BCUT2D eigenvalue weighted by Gasteiger charge is -2.08. The molecule has 0 spiro atoms. The average Bonchev–Trinajstić information content (AvgIpc) is 3.57. The summed E-state index contributed by atoms with van der Waals surface area (Å²) in [5.74, 6) is -0.847. The van der Waals surface area contributed by atoms with Gasteiger partial charge in [-0.2, -0.15) is 0 Å². The molecule has 3 aromatic carbocycles. The highest BCUT2D eigenvalue weighted by atomic mass is 32.2. The molecule has 1 aliphatic heterocycles. The van der Waals surface area contributed by atoms with Crippen LogP contribution in [-0.4, -0.2) is 35.9 Å². The molecule has 0 saturated carbocycles. The number of aryl methyl sites for hydroxylation is 2. The Hall–Kier alpha value is -4.47. The Morgan fingerprint density at radius 2 is 1.31 bits per heavy atom. The van der Waals surface area contributed by atoms with Crippen molar-refractivity contribution in [2.75, 3.05) is 6.54 Å². The van der Waals surface area contributed by atoms with Crippen LogP contribution in [-0.2, 0) is 33.2 Å². The molecule has 9 heteroatoms. The van der Waals surface area contributed by atoms with E-state index in [1.807, 2.05) is 77.1 Å². The fourth-order valence-corrected chi connectivity index (χ4v) is 6.38. The van der Waals surface area contributed by atoms with Gasteiger partial charge in [-0.1, -0.05) is 54.6 Å². The van der Waals surface area contributed by atoms with E-state index < -0.39 is 21.8 Å². The third-order valence-corrected chi connectivity index (χ3v) is 8.55. The molecule has 39 heavy (non-hydrogen) atoms. The zero-order chi connectivity index (χ0) is 27.1. The molecule has 0 radical (unpaired) electrons. The number of hydrogen-bond acceptors (Lipinski definition) is 4. The molecule has 196 valence electrons. The van der Waals surface area contributed by atoms with E-state index in [1.54, 1.807) is 30.3 Å². The second-order valence-electron chi connectivity index (χ2n) is 9.52. The van der Waals surface area contributed by atoms with Gasteiger partial charge in [0.15, 0.2) is 0 Å². The molecule has 2 aromatic heterocycles. The summed E-state index contributed by atoms with van der Waals surface area (Å²) in [5, 5.41) is 4.24. The van der Waals surface area contributed by atoms with Gasteiger partial charge in [0.1, 0.15) is 0 Å². The molecule has 3 heterocycles. The van der Waals surface area contributed by atoms with Gasteiger partial charge in [0.2, 0.25) is 10.0 Å². The maximum absolute atomic E-state index is 13.2. The van der Waals surface area contributed by atoms with Crippen LogP contribution in [0.2, 0.25) is 0 Å². The smallest absolute Gasteiger partial charge is 0.259 e. The van der Waals surface area contributed by atoms with Crippen molar-refractivity contribution in [2.24, 2.45) is 7.05 Å². The number of para-hydroxylation sites is 2. The van der Waals surface area contributed by atoms with Crippen LogP contribution in [0.3, 0.4) is 0 Å². The predicted molar refractivity (Wildman–Crippen MR) is 151 cm³/mol. The minimum atomic E-state index is -3.59. The Morgan fingerprint density at radius 1 is 0.744 bits per heavy atom. The SMILES string of the molecule is Cn1cc(C2=C(c3cn(CCCNS(=O)(=O)c4ccccc4)c4ccccc34)C(=O)NC2=O)c2ccccc21. The maximum Gasteiger partial charge on any atom is 0.259 e. The van der Waals surface area contributed by atoms with Crippen molar-refractivity contribution in [3.8, 4) is 0 Å². The number of nitrogens with zero attached hydrogens (tertiary/aromatic N) is 2. The van der Waals surface area contributed by atoms with E-state index in [-0.39, 0.29) is 11.4 Å². The molecule has 2 N–H and O–H groups in total. The number of carbonyl (C=O) groups excluding carboxylic acids is 2. The van der Waals surface area contributed by atoms with Gasteiger partial charge < -0.3 is 9.13 Å². The Morgan fingerprint density at radius 3 is 2.00 bits per heavy atom. The minimum Gasteiger partial charge on any atom is -0.350 e. The number of fused-ring (bicyclic) bond motifs is 2. The lowest BCUT2D eigenvalue weighted by Crippen LogP contribution is -2.25. The van der Waals surface area contributed by atoms with Gasteiger partial charge in [-0.05, 0) is 30.7 Å². The van der Waals surface area contributed by atoms with Gasteiger partial charge in [0, 0.05) is 65.5 Å². The number of hydrogen-bond donors (Lipinski definition) is 2. The van der Waals surface area contributed by atoms with Gasteiger partial charge in [-0.15, -0.1) is 0 Å². The van der Waals surface area contributed by atoms with E-state index in [0.717, 1.165) is 21.8 Å². The van der Waals surface area contributed by atoms with Gasteiger partial charge in [0.05, 0.1) is 16.0 Å². The summed E-state index contributed by atoms with van der Waals surface area (Å²) >= 11 is 0. The number of sulfonamides is 1. The molecule has 0 aliphatic carbocycles. The summed E-state index contributed by atoms with van der Waals surface area (Å²) in [6.45, 7) is 0.770. The lowest BCUT2D eigenvalue weighted by atomic mass is 9.95. The second kappa shape index (κ2) is 9.68. The van der Waals surface area contributed by atoms with Crippen molar-refractivity contribution in [3.63, 3.8) is 0 Å². The molecule has 0 fully saturated rings. The Bertz CT molecular complexity index is 1900. The zero-order valence-electron chi connectivity index (χ0n) is 21.2. The summed E-state index contributed by atoms with van der Waals surface area (Å²) in [7, 11) is -1.68. The molecule has 0 unspecified atom stereocenters. The number of imide groups is 1. The van der Waals surface area contributed by atoms with Crippen LogP contribution in [0.1, 0.15) is 17.5 Å². The first kappa shape index (κ1) is 24.8. The summed E-state index contributed by atoms with van der Waals surface area (Å²) in [4.78, 5) is 26.5. The highest BCUT2D eigenvalue weighted by Gasteiger charge is 2.35. The predicted octanol–water partition coefficient (Wildman–Crippen LogP) is 4.07. The fraction of sp³-hybridized carbons (Fsp3) is 0.133.